The van der Waals surface area contributed by atoms with Crippen molar-refractivity contribution in [3.8, 4) is 0 Å². The third-order valence-corrected chi connectivity index (χ3v) is 3.05. The van der Waals surface area contributed by atoms with E-state index in [1.807, 2.05) is 0 Å². The van der Waals surface area contributed by atoms with E-state index in [0.717, 1.165) is 39.0 Å². The van der Waals surface area contributed by atoms with E-state index in [2.05, 4.69) is 24.5 Å². The lowest BCUT2D eigenvalue weighted by Gasteiger charge is -2.21. The van der Waals surface area contributed by atoms with E-state index < -0.39 is 0 Å². The van der Waals surface area contributed by atoms with Gasteiger partial charge in [0.2, 0.25) is 5.91 Å². The lowest BCUT2D eigenvalue weighted by atomic mass is 9.99. The predicted molar refractivity (Wildman–Crippen MR) is 76.1 cm³/mol. The van der Waals surface area contributed by atoms with Crippen molar-refractivity contribution in [1.82, 2.24) is 10.6 Å². The molecule has 0 aromatic heterocycles. The van der Waals surface area contributed by atoms with Gasteiger partial charge in [-0.25, -0.2) is 0 Å². The van der Waals surface area contributed by atoms with Gasteiger partial charge in [-0.05, 0) is 31.7 Å². The molecule has 1 saturated heterocycles. The molecule has 2 N–H and O–H groups in total. The molecular formula is C13H27ClN2O2. The number of hydrogen-bond donors (Lipinski definition) is 2. The molecule has 0 spiro atoms. The van der Waals surface area contributed by atoms with Crippen molar-refractivity contribution in [3.05, 3.63) is 0 Å². The summed E-state index contributed by atoms with van der Waals surface area (Å²) in [5.74, 6) is 1.00. The molecule has 1 aliphatic heterocycles. The van der Waals surface area contributed by atoms with Crippen LogP contribution in [0.3, 0.4) is 0 Å². The molecule has 0 saturated carbocycles. The summed E-state index contributed by atoms with van der Waals surface area (Å²) >= 11 is 0. The normalized spacial score (nSPS) is 19.4. The van der Waals surface area contributed by atoms with Gasteiger partial charge in [0, 0.05) is 19.7 Å². The molecule has 1 fully saturated rings. The lowest BCUT2D eigenvalue weighted by molar-refractivity contribution is -0.125. The Morgan fingerprint density at radius 3 is 2.83 bits per heavy atom. The van der Waals surface area contributed by atoms with Crippen molar-refractivity contribution in [1.29, 1.82) is 0 Å². The second-order valence-electron chi connectivity index (χ2n) is 5.13. The van der Waals surface area contributed by atoms with Crippen molar-refractivity contribution in [2.75, 3.05) is 32.8 Å². The van der Waals surface area contributed by atoms with E-state index in [1.165, 1.54) is 0 Å². The summed E-state index contributed by atoms with van der Waals surface area (Å²) in [6.07, 6.45) is 3.19. The summed E-state index contributed by atoms with van der Waals surface area (Å²) in [5.41, 5.74) is 0. The van der Waals surface area contributed by atoms with Crippen LogP contribution in [0.1, 0.15) is 33.1 Å². The van der Waals surface area contributed by atoms with E-state index in [9.17, 15) is 4.79 Å². The van der Waals surface area contributed by atoms with Crippen LogP contribution < -0.4 is 10.6 Å². The fraction of sp³-hybridized carbons (Fsp3) is 0.923. The number of halogens is 1. The van der Waals surface area contributed by atoms with Gasteiger partial charge >= 0.3 is 0 Å². The maximum Gasteiger partial charge on any atom is 0.224 e. The largest absolute Gasteiger partial charge is 0.380 e. The standard InChI is InChI=1S/C13H26N2O2.ClH/c1-11(2)5-8-17-9-7-15-13(16)12-4-3-6-14-10-12;/h11-12,14H,3-10H2,1-2H3,(H,15,16);1H. The molecule has 0 aliphatic carbocycles. The summed E-state index contributed by atoms with van der Waals surface area (Å²) in [5, 5.41) is 6.18. The van der Waals surface area contributed by atoms with Crippen molar-refractivity contribution in [2.45, 2.75) is 33.1 Å². The second kappa shape index (κ2) is 10.6. The molecule has 18 heavy (non-hydrogen) atoms. The third-order valence-electron chi connectivity index (χ3n) is 3.05. The van der Waals surface area contributed by atoms with Crippen molar-refractivity contribution < 1.29 is 9.53 Å². The van der Waals surface area contributed by atoms with Gasteiger partial charge < -0.3 is 15.4 Å². The number of carbonyl (C=O) groups is 1. The minimum Gasteiger partial charge on any atom is -0.380 e. The number of piperidine rings is 1. The lowest BCUT2D eigenvalue weighted by Crippen LogP contribution is -2.41. The average Bonchev–Trinajstić information content (AvgIpc) is 2.34. The van der Waals surface area contributed by atoms with Crippen LogP contribution in [0.2, 0.25) is 0 Å². The first kappa shape index (κ1) is 17.7. The Bertz CT molecular complexity index is 219. The summed E-state index contributed by atoms with van der Waals surface area (Å²) in [6.45, 7) is 8.27. The molecule has 0 radical (unpaired) electrons. The van der Waals surface area contributed by atoms with Crippen LogP contribution in [0.25, 0.3) is 0 Å². The van der Waals surface area contributed by atoms with Gasteiger partial charge in [-0.15, -0.1) is 12.4 Å². The van der Waals surface area contributed by atoms with Crippen LogP contribution in [-0.2, 0) is 9.53 Å². The number of nitrogens with one attached hydrogen (secondary N) is 2. The average molecular weight is 279 g/mol. The van der Waals surface area contributed by atoms with Gasteiger partial charge in [-0.1, -0.05) is 13.8 Å². The zero-order valence-electron chi connectivity index (χ0n) is 11.5. The fourth-order valence-corrected chi connectivity index (χ4v) is 1.89. The summed E-state index contributed by atoms with van der Waals surface area (Å²) in [4.78, 5) is 11.7. The van der Waals surface area contributed by atoms with Gasteiger partial charge in [0.05, 0.1) is 12.5 Å². The maximum absolute atomic E-state index is 11.7. The summed E-state index contributed by atoms with van der Waals surface area (Å²) in [7, 11) is 0. The molecule has 0 aromatic rings. The second-order valence-corrected chi connectivity index (χ2v) is 5.13. The van der Waals surface area contributed by atoms with Gasteiger partial charge in [0.15, 0.2) is 0 Å². The van der Waals surface area contributed by atoms with Crippen molar-refractivity contribution in [3.63, 3.8) is 0 Å². The van der Waals surface area contributed by atoms with Gasteiger partial charge in [-0.2, -0.15) is 0 Å². The molecule has 1 rings (SSSR count). The Balaban J connectivity index is 0.00000289. The molecule has 108 valence electrons. The Kier molecular flexibility index (Phi) is 10.4. The molecule has 1 aliphatic rings. The van der Waals surface area contributed by atoms with Crippen LogP contribution in [0, 0.1) is 11.8 Å². The first-order valence-electron chi connectivity index (χ1n) is 6.76. The number of ether oxygens (including phenoxy) is 1. The Morgan fingerprint density at radius 2 is 2.22 bits per heavy atom. The van der Waals surface area contributed by atoms with Gasteiger partial charge in [-0.3, -0.25) is 4.79 Å². The molecule has 0 bridgehead atoms. The highest BCUT2D eigenvalue weighted by atomic mass is 35.5. The first-order valence-corrected chi connectivity index (χ1v) is 6.76. The van der Waals surface area contributed by atoms with E-state index in [0.29, 0.717) is 19.1 Å². The minimum absolute atomic E-state index is 0. The summed E-state index contributed by atoms with van der Waals surface area (Å²) < 4.78 is 5.45. The Hall–Kier alpha value is -0.320. The van der Waals surface area contributed by atoms with E-state index in [1.54, 1.807) is 0 Å². The topological polar surface area (TPSA) is 50.4 Å². The SMILES string of the molecule is CC(C)CCOCCNC(=O)C1CCCNC1.Cl. The van der Waals surface area contributed by atoms with E-state index >= 15 is 0 Å². The first-order chi connectivity index (χ1) is 8.20. The van der Waals surface area contributed by atoms with E-state index in [4.69, 9.17) is 4.74 Å². The number of rotatable bonds is 7. The molecule has 1 unspecified atom stereocenters. The quantitative estimate of drug-likeness (QED) is 0.696. The van der Waals surface area contributed by atoms with Crippen molar-refractivity contribution in [2.24, 2.45) is 11.8 Å². The highest BCUT2D eigenvalue weighted by molar-refractivity contribution is 5.85. The fourth-order valence-electron chi connectivity index (χ4n) is 1.89. The third kappa shape index (κ3) is 7.90. The molecule has 1 heterocycles. The van der Waals surface area contributed by atoms with Crippen LogP contribution in [0.5, 0.6) is 0 Å². The molecule has 4 nitrogen and oxygen atoms in total. The van der Waals surface area contributed by atoms with Gasteiger partial charge in [0.25, 0.3) is 0 Å². The van der Waals surface area contributed by atoms with Crippen LogP contribution in [-0.4, -0.2) is 38.8 Å². The molecule has 0 aromatic carbocycles. The van der Waals surface area contributed by atoms with Crippen LogP contribution in [0.15, 0.2) is 0 Å². The molecule has 5 heteroatoms. The minimum atomic E-state index is 0. The zero-order valence-corrected chi connectivity index (χ0v) is 12.4. The highest BCUT2D eigenvalue weighted by Gasteiger charge is 2.19. The van der Waals surface area contributed by atoms with E-state index in [-0.39, 0.29) is 24.2 Å². The molecule has 1 amide bonds. The van der Waals surface area contributed by atoms with Gasteiger partial charge in [0.1, 0.15) is 0 Å². The number of carbonyl (C=O) groups excluding carboxylic acids is 1. The predicted octanol–water partition coefficient (Wildman–Crippen LogP) is 1.59. The summed E-state index contributed by atoms with van der Waals surface area (Å²) in [6, 6.07) is 0. The van der Waals surface area contributed by atoms with Crippen molar-refractivity contribution >= 4 is 18.3 Å². The Morgan fingerprint density at radius 1 is 1.44 bits per heavy atom. The maximum atomic E-state index is 11.7. The zero-order chi connectivity index (χ0) is 12.5. The molecule has 1 atom stereocenters. The Labute approximate surface area is 117 Å². The number of hydrogen-bond acceptors (Lipinski definition) is 3. The molecular weight excluding hydrogens is 252 g/mol. The highest BCUT2D eigenvalue weighted by Crippen LogP contribution is 2.09. The smallest absolute Gasteiger partial charge is 0.224 e. The monoisotopic (exact) mass is 278 g/mol. The van der Waals surface area contributed by atoms with Crippen LogP contribution >= 0.6 is 12.4 Å². The van der Waals surface area contributed by atoms with Crippen LogP contribution in [0.4, 0.5) is 0 Å². The number of amides is 1.